The molecule has 2 amide bonds. The zero-order chi connectivity index (χ0) is 19.2. The Bertz CT molecular complexity index is 794. The van der Waals surface area contributed by atoms with Crippen molar-refractivity contribution in [1.29, 1.82) is 0 Å². The van der Waals surface area contributed by atoms with Crippen molar-refractivity contribution < 1.29 is 14.7 Å². The molecule has 27 heavy (non-hydrogen) atoms. The lowest BCUT2D eigenvalue weighted by Gasteiger charge is -2.36. The summed E-state index contributed by atoms with van der Waals surface area (Å²) in [6.07, 6.45) is 3.67. The van der Waals surface area contributed by atoms with E-state index in [1.165, 1.54) is 0 Å². The summed E-state index contributed by atoms with van der Waals surface area (Å²) in [4.78, 5) is 30.3. The maximum absolute atomic E-state index is 12.4. The van der Waals surface area contributed by atoms with Gasteiger partial charge in [0.15, 0.2) is 0 Å². The molecule has 2 aromatic rings. The van der Waals surface area contributed by atoms with Gasteiger partial charge in [-0.25, -0.2) is 0 Å². The molecule has 1 aliphatic heterocycles. The number of piperidine rings is 1. The number of aryl methyl sites for hydroxylation is 1. The number of carbonyl (C=O) groups is 2. The van der Waals surface area contributed by atoms with Crippen molar-refractivity contribution in [3.63, 3.8) is 0 Å². The van der Waals surface area contributed by atoms with E-state index < -0.39 is 6.10 Å². The number of rotatable bonds is 5. The second-order valence-corrected chi connectivity index (χ2v) is 7.07. The Hall–Kier alpha value is -2.73. The van der Waals surface area contributed by atoms with E-state index in [-0.39, 0.29) is 17.7 Å². The Balaban J connectivity index is 1.48. The molecule has 0 saturated carbocycles. The second kappa shape index (κ2) is 8.77. The van der Waals surface area contributed by atoms with Crippen LogP contribution in [0, 0.1) is 12.8 Å². The number of pyridine rings is 1. The van der Waals surface area contributed by atoms with Crippen LogP contribution < -0.4 is 5.32 Å². The lowest BCUT2D eigenvalue weighted by Crippen LogP contribution is -2.50. The fourth-order valence-electron chi connectivity index (χ4n) is 3.34. The van der Waals surface area contributed by atoms with Crippen molar-refractivity contribution in [2.45, 2.75) is 25.9 Å². The minimum Gasteiger partial charge on any atom is -0.391 e. The average molecular weight is 367 g/mol. The van der Waals surface area contributed by atoms with Gasteiger partial charge in [0.25, 0.3) is 5.91 Å². The summed E-state index contributed by atoms with van der Waals surface area (Å²) in [5.41, 5.74) is 2.56. The normalized spacial score (nSPS) is 19.6. The molecule has 2 heterocycles. The zero-order valence-corrected chi connectivity index (χ0v) is 15.5. The van der Waals surface area contributed by atoms with Gasteiger partial charge in [-0.2, -0.15) is 0 Å². The molecule has 1 saturated heterocycles. The van der Waals surface area contributed by atoms with E-state index in [0.717, 1.165) is 11.1 Å². The van der Waals surface area contributed by atoms with E-state index in [1.54, 1.807) is 23.4 Å². The van der Waals surface area contributed by atoms with Crippen molar-refractivity contribution >= 4 is 11.8 Å². The van der Waals surface area contributed by atoms with Gasteiger partial charge in [-0.1, -0.05) is 17.7 Å². The van der Waals surface area contributed by atoms with Crippen LogP contribution in [0.2, 0.25) is 0 Å². The molecule has 2 N–H and O–H groups in total. The minimum absolute atomic E-state index is 0.00231. The number of β-amino-alcohol motifs (C(OH)–C–C–N with tert-alkyl or cyclic N) is 1. The van der Waals surface area contributed by atoms with Gasteiger partial charge < -0.3 is 15.3 Å². The van der Waals surface area contributed by atoms with Crippen molar-refractivity contribution in [2.75, 3.05) is 19.6 Å². The number of likely N-dealkylation sites (tertiary alicyclic amines) is 1. The van der Waals surface area contributed by atoms with Crippen LogP contribution in [0.4, 0.5) is 0 Å². The van der Waals surface area contributed by atoms with Gasteiger partial charge in [-0.05, 0) is 43.2 Å². The summed E-state index contributed by atoms with van der Waals surface area (Å²) in [5, 5.41) is 13.3. The topological polar surface area (TPSA) is 82.5 Å². The Morgan fingerprint density at radius 3 is 2.74 bits per heavy atom. The molecule has 1 aromatic carbocycles. The molecule has 142 valence electrons. The fraction of sp³-hybridized carbons (Fsp3) is 0.381. The monoisotopic (exact) mass is 367 g/mol. The maximum atomic E-state index is 12.4. The van der Waals surface area contributed by atoms with Crippen molar-refractivity contribution in [2.24, 2.45) is 5.92 Å². The minimum atomic E-state index is -0.641. The first-order valence-corrected chi connectivity index (χ1v) is 9.22. The predicted molar refractivity (Wildman–Crippen MR) is 102 cm³/mol. The summed E-state index contributed by atoms with van der Waals surface area (Å²) >= 11 is 0. The van der Waals surface area contributed by atoms with E-state index in [1.807, 2.05) is 37.3 Å². The number of aliphatic hydroxyl groups excluding tert-OH is 1. The van der Waals surface area contributed by atoms with Gasteiger partial charge in [0.05, 0.1) is 12.5 Å². The van der Waals surface area contributed by atoms with Gasteiger partial charge in [-0.3, -0.25) is 14.6 Å². The molecule has 1 fully saturated rings. The zero-order valence-electron chi connectivity index (χ0n) is 15.5. The van der Waals surface area contributed by atoms with Gasteiger partial charge in [0.2, 0.25) is 5.91 Å². The molecule has 0 radical (unpaired) electrons. The second-order valence-electron chi connectivity index (χ2n) is 7.07. The third-order valence-electron chi connectivity index (χ3n) is 4.98. The molecule has 1 aromatic heterocycles. The first kappa shape index (κ1) is 19.0. The van der Waals surface area contributed by atoms with Crippen LogP contribution >= 0.6 is 0 Å². The number of benzene rings is 1. The highest BCUT2D eigenvalue weighted by atomic mass is 16.3. The van der Waals surface area contributed by atoms with E-state index in [0.29, 0.717) is 38.0 Å². The molecule has 0 aliphatic carbocycles. The highest BCUT2D eigenvalue weighted by Gasteiger charge is 2.30. The number of hydrogen-bond donors (Lipinski definition) is 2. The lowest BCUT2D eigenvalue weighted by molar-refractivity contribution is -0.134. The summed E-state index contributed by atoms with van der Waals surface area (Å²) in [5.74, 6) is -0.187. The number of amides is 2. The molecule has 0 unspecified atom stereocenters. The van der Waals surface area contributed by atoms with Gasteiger partial charge >= 0.3 is 0 Å². The van der Waals surface area contributed by atoms with E-state index in [2.05, 4.69) is 10.3 Å². The molecule has 2 atom stereocenters. The molecule has 1 aliphatic rings. The quantitative estimate of drug-likeness (QED) is 0.840. The number of nitrogens with zero attached hydrogens (tertiary/aromatic N) is 2. The summed E-state index contributed by atoms with van der Waals surface area (Å²) in [6, 6.07) is 11.1. The number of carbonyl (C=O) groups excluding carboxylic acids is 2. The van der Waals surface area contributed by atoms with Crippen LogP contribution in [-0.2, 0) is 11.2 Å². The number of aromatic nitrogens is 1. The smallest absolute Gasteiger partial charge is 0.251 e. The Morgan fingerprint density at radius 1 is 1.26 bits per heavy atom. The van der Waals surface area contributed by atoms with E-state index in [9.17, 15) is 14.7 Å². The van der Waals surface area contributed by atoms with Crippen molar-refractivity contribution in [1.82, 2.24) is 15.2 Å². The molecule has 6 heteroatoms. The molecular weight excluding hydrogens is 342 g/mol. The van der Waals surface area contributed by atoms with E-state index >= 15 is 0 Å². The summed E-state index contributed by atoms with van der Waals surface area (Å²) in [6.45, 7) is 3.24. The van der Waals surface area contributed by atoms with Crippen molar-refractivity contribution in [3.8, 4) is 0 Å². The molecule has 3 rings (SSSR count). The van der Waals surface area contributed by atoms with Gasteiger partial charge in [0, 0.05) is 43.5 Å². The predicted octanol–water partition coefficient (Wildman–Crippen LogP) is 1.57. The van der Waals surface area contributed by atoms with Crippen LogP contribution in [0.15, 0.2) is 48.8 Å². The first-order chi connectivity index (χ1) is 13.0. The molecule has 0 spiro atoms. The third kappa shape index (κ3) is 5.14. The Kier molecular flexibility index (Phi) is 6.19. The van der Waals surface area contributed by atoms with Gasteiger partial charge in [0.1, 0.15) is 0 Å². The standard InChI is InChI=1S/C21H25N3O3/c1-15-3-2-4-17(11-15)21(27)23-13-18-7-10-24(14-19(18)25)20(26)12-16-5-8-22-9-6-16/h2-6,8-9,11,18-19,25H,7,10,12-14H2,1H3,(H,23,27)/t18-,19+/m0/s1. The molecule has 0 bridgehead atoms. The fourth-order valence-corrected chi connectivity index (χ4v) is 3.34. The van der Waals surface area contributed by atoms with Crippen LogP contribution in [-0.4, -0.2) is 52.5 Å². The summed E-state index contributed by atoms with van der Waals surface area (Å²) in [7, 11) is 0. The van der Waals surface area contributed by atoms with Crippen LogP contribution in [0.3, 0.4) is 0 Å². The Labute approximate surface area is 159 Å². The molecular formula is C21H25N3O3. The number of aliphatic hydroxyl groups is 1. The van der Waals surface area contributed by atoms with Gasteiger partial charge in [-0.15, -0.1) is 0 Å². The third-order valence-corrected chi connectivity index (χ3v) is 4.98. The molecule has 6 nitrogen and oxygen atoms in total. The average Bonchev–Trinajstić information content (AvgIpc) is 2.67. The summed E-state index contributed by atoms with van der Waals surface area (Å²) < 4.78 is 0. The lowest BCUT2D eigenvalue weighted by atomic mass is 9.93. The van der Waals surface area contributed by atoms with E-state index in [4.69, 9.17) is 0 Å². The maximum Gasteiger partial charge on any atom is 0.251 e. The SMILES string of the molecule is Cc1cccc(C(=O)NC[C@@H]2CCN(C(=O)Cc3ccncc3)C[C@H]2O)c1. The van der Waals surface area contributed by atoms with Crippen LogP contribution in [0.25, 0.3) is 0 Å². The largest absolute Gasteiger partial charge is 0.391 e. The van der Waals surface area contributed by atoms with Crippen molar-refractivity contribution in [3.05, 3.63) is 65.5 Å². The first-order valence-electron chi connectivity index (χ1n) is 9.22. The number of nitrogens with one attached hydrogen (secondary N) is 1. The van der Waals surface area contributed by atoms with Crippen LogP contribution in [0.1, 0.15) is 27.9 Å². The van der Waals surface area contributed by atoms with Crippen LogP contribution in [0.5, 0.6) is 0 Å². The number of hydrogen-bond acceptors (Lipinski definition) is 4. The Morgan fingerprint density at radius 2 is 2.04 bits per heavy atom. The highest BCUT2D eigenvalue weighted by molar-refractivity contribution is 5.94. The highest BCUT2D eigenvalue weighted by Crippen LogP contribution is 2.18.